The van der Waals surface area contributed by atoms with Crippen LogP contribution in [0.4, 0.5) is 0 Å². The van der Waals surface area contributed by atoms with Crippen LogP contribution < -0.4 is 10.5 Å². The third kappa shape index (κ3) is 4.14. The third-order valence-corrected chi connectivity index (χ3v) is 5.38. The molecule has 0 amide bonds. The van der Waals surface area contributed by atoms with Gasteiger partial charge in [0.2, 0.25) is 10.0 Å². The Kier molecular flexibility index (Phi) is 5.30. The molecular weight excluding hydrogens is 296 g/mol. The van der Waals surface area contributed by atoms with Gasteiger partial charge in [-0.25, -0.2) is 18.1 Å². The number of aromatic nitrogens is 2. The summed E-state index contributed by atoms with van der Waals surface area (Å²) in [5.41, 5.74) is 5.48. The molecule has 0 unspecified atom stereocenters. The zero-order valence-corrected chi connectivity index (χ0v) is 12.7. The minimum Gasteiger partial charge on any atom is -0.337 e. The summed E-state index contributed by atoms with van der Waals surface area (Å²) >= 11 is 1.36. The van der Waals surface area contributed by atoms with Crippen molar-refractivity contribution in [3.05, 3.63) is 35.0 Å². The van der Waals surface area contributed by atoms with Crippen LogP contribution in [0.5, 0.6) is 0 Å². The van der Waals surface area contributed by atoms with Gasteiger partial charge in [-0.3, -0.25) is 0 Å². The average Bonchev–Trinajstić information content (AvgIpc) is 3.09. The first-order valence-electron chi connectivity index (χ1n) is 6.35. The van der Waals surface area contributed by atoms with Gasteiger partial charge in [-0.15, -0.1) is 11.3 Å². The van der Waals surface area contributed by atoms with Gasteiger partial charge in [-0.2, -0.15) is 0 Å². The molecule has 0 bridgehead atoms. The Morgan fingerprint density at radius 2 is 2.25 bits per heavy atom. The van der Waals surface area contributed by atoms with Gasteiger partial charge in [0.25, 0.3) is 0 Å². The Morgan fingerprint density at radius 3 is 2.90 bits per heavy atom. The summed E-state index contributed by atoms with van der Waals surface area (Å²) in [4.78, 5) is 5.12. The Balaban J connectivity index is 1.75. The standard InChI is InChI=1S/C12H18N4O2S2/c13-8-11-7-12(9-19-11)20(17,18)15-3-1-2-5-16-6-4-14-10-16/h4,6-7,9-10,15H,1-3,5,8,13H2. The summed E-state index contributed by atoms with van der Waals surface area (Å²) in [5, 5.41) is 1.62. The van der Waals surface area contributed by atoms with Crippen LogP contribution in [0.3, 0.4) is 0 Å². The van der Waals surface area contributed by atoms with Crippen molar-refractivity contribution in [2.24, 2.45) is 5.73 Å². The molecule has 0 spiro atoms. The minimum absolute atomic E-state index is 0.303. The Bertz CT molecular complexity index is 620. The second kappa shape index (κ2) is 6.98. The van der Waals surface area contributed by atoms with E-state index >= 15 is 0 Å². The first-order valence-corrected chi connectivity index (χ1v) is 8.71. The van der Waals surface area contributed by atoms with Crippen LogP contribution in [-0.2, 0) is 23.1 Å². The molecule has 0 fully saturated rings. The van der Waals surface area contributed by atoms with Gasteiger partial charge in [0.15, 0.2) is 0 Å². The number of nitrogens with two attached hydrogens (primary N) is 1. The Hall–Kier alpha value is -1.22. The van der Waals surface area contributed by atoms with Crippen LogP contribution in [0.25, 0.3) is 0 Å². The van der Waals surface area contributed by atoms with Crippen molar-refractivity contribution >= 4 is 21.4 Å². The minimum atomic E-state index is -3.40. The predicted octanol–water partition coefficient (Wildman–Crippen LogP) is 1.16. The van der Waals surface area contributed by atoms with Crippen LogP contribution in [0, 0.1) is 0 Å². The number of hydrogen-bond donors (Lipinski definition) is 2. The Labute approximate surface area is 122 Å². The molecule has 0 aliphatic heterocycles. The van der Waals surface area contributed by atoms with E-state index in [4.69, 9.17) is 5.73 Å². The van der Waals surface area contributed by atoms with Crippen molar-refractivity contribution in [3.63, 3.8) is 0 Å². The highest BCUT2D eigenvalue weighted by Gasteiger charge is 2.14. The van der Waals surface area contributed by atoms with E-state index in [1.165, 1.54) is 11.3 Å². The fourth-order valence-electron chi connectivity index (χ4n) is 1.74. The van der Waals surface area contributed by atoms with Gasteiger partial charge < -0.3 is 10.3 Å². The number of nitrogens with zero attached hydrogens (tertiary/aromatic N) is 2. The maximum Gasteiger partial charge on any atom is 0.241 e. The Morgan fingerprint density at radius 1 is 1.40 bits per heavy atom. The molecule has 3 N–H and O–H groups in total. The smallest absolute Gasteiger partial charge is 0.241 e. The summed E-state index contributed by atoms with van der Waals surface area (Å²) < 4.78 is 28.6. The maximum atomic E-state index is 12.0. The number of aryl methyl sites for hydroxylation is 1. The molecule has 110 valence electrons. The molecule has 2 aromatic heterocycles. The normalized spacial score (nSPS) is 11.8. The number of unbranched alkanes of at least 4 members (excludes halogenated alkanes) is 1. The molecule has 0 aromatic carbocycles. The lowest BCUT2D eigenvalue weighted by Crippen LogP contribution is -2.24. The fraction of sp³-hybridized carbons (Fsp3) is 0.417. The van der Waals surface area contributed by atoms with Gasteiger partial charge in [-0.05, 0) is 18.9 Å². The highest BCUT2D eigenvalue weighted by atomic mass is 32.2. The molecule has 2 heterocycles. The number of sulfonamides is 1. The molecular formula is C12H18N4O2S2. The van der Waals surface area contributed by atoms with Crippen LogP contribution in [0.1, 0.15) is 17.7 Å². The predicted molar refractivity (Wildman–Crippen MR) is 78.9 cm³/mol. The van der Waals surface area contributed by atoms with E-state index in [0.717, 1.165) is 24.3 Å². The number of imidazole rings is 1. The van der Waals surface area contributed by atoms with Gasteiger partial charge >= 0.3 is 0 Å². The van der Waals surface area contributed by atoms with Crippen molar-refractivity contribution < 1.29 is 8.42 Å². The van der Waals surface area contributed by atoms with Gasteiger partial charge in [-0.1, -0.05) is 0 Å². The highest BCUT2D eigenvalue weighted by molar-refractivity contribution is 7.89. The van der Waals surface area contributed by atoms with E-state index in [2.05, 4.69) is 9.71 Å². The lowest BCUT2D eigenvalue weighted by atomic mass is 10.3. The summed E-state index contributed by atoms with van der Waals surface area (Å²) in [6.07, 6.45) is 7.06. The largest absolute Gasteiger partial charge is 0.337 e. The molecule has 0 saturated carbocycles. The van der Waals surface area contributed by atoms with Crippen molar-refractivity contribution in [3.8, 4) is 0 Å². The lowest BCUT2D eigenvalue weighted by Gasteiger charge is -2.05. The van der Waals surface area contributed by atoms with Gasteiger partial charge in [0, 0.05) is 42.3 Å². The average molecular weight is 314 g/mol. The van der Waals surface area contributed by atoms with E-state index in [0.29, 0.717) is 18.0 Å². The number of rotatable bonds is 8. The third-order valence-electron chi connectivity index (χ3n) is 2.84. The molecule has 20 heavy (non-hydrogen) atoms. The molecule has 2 aromatic rings. The van der Waals surface area contributed by atoms with E-state index in [1.54, 1.807) is 24.0 Å². The SMILES string of the molecule is NCc1cc(S(=O)(=O)NCCCCn2ccnc2)cs1. The van der Waals surface area contributed by atoms with Crippen molar-refractivity contribution in [1.82, 2.24) is 14.3 Å². The number of thiophene rings is 1. The first-order chi connectivity index (χ1) is 9.62. The lowest BCUT2D eigenvalue weighted by molar-refractivity contribution is 0.566. The molecule has 0 aliphatic carbocycles. The van der Waals surface area contributed by atoms with Crippen molar-refractivity contribution in [1.29, 1.82) is 0 Å². The molecule has 0 atom stereocenters. The summed E-state index contributed by atoms with van der Waals surface area (Å²) in [7, 11) is -3.40. The van der Waals surface area contributed by atoms with E-state index in [1.807, 2.05) is 10.8 Å². The van der Waals surface area contributed by atoms with Gasteiger partial charge in [0.1, 0.15) is 0 Å². The molecule has 0 radical (unpaired) electrons. The van der Waals surface area contributed by atoms with E-state index in [9.17, 15) is 8.42 Å². The zero-order valence-electron chi connectivity index (χ0n) is 11.0. The summed E-state index contributed by atoms with van der Waals surface area (Å²) in [6, 6.07) is 1.62. The number of hydrogen-bond acceptors (Lipinski definition) is 5. The maximum absolute atomic E-state index is 12.0. The molecule has 0 saturated heterocycles. The van der Waals surface area contributed by atoms with E-state index in [-0.39, 0.29) is 0 Å². The van der Waals surface area contributed by atoms with Crippen LogP contribution in [-0.4, -0.2) is 24.5 Å². The summed E-state index contributed by atoms with van der Waals surface area (Å²) in [5.74, 6) is 0. The molecule has 0 aliphatic rings. The van der Waals surface area contributed by atoms with Crippen molar-refractivity contribution in [2.45, 2.75) is 30.8 Å². The topological polar surface area (TPSA) is 90.0 Å². The molecule has 2 rings (SSSR count). The molecule has 6 nitrogen and oxygen atoms in total. The molecule has 8 heteroatoms. The quantitative estimate of drug-likeness (QED) is 0.716. The van der Waals surface area contributed by atoms with Crippen LogP contribution >= 0.6 is 11.3 Å². The van der Waals surface area contributed by atoms with Gasteiger partial charge in [0.05, 0.1) is 11.2 Å². The van der Waals surface area contributed by atoms with Crippen molar-refractivity contribution in [2.75, 3.05) is 6.54 Å². The van der Waals surface area contributed by atoms with Crippen LogP contribution in [0.2, 0.25) is 0 Å². The second-order valence-corrected chi connectivity index (χ2v) is 7.12. The van der Waals surface area contributed by atoms with Crippen LogP contribution in [0.15, 0.2) is 35.1 Å². The number of nitrogens with one attached hydrogen (secondary N) is 1. The van der Waals surface area contributed by atoms with E-state index < -0.39 is 10.0 Å². The second-order valence-electron chi connectivity index (χ2n) is 4.36. The fourth-order valence-corrected chi connectivity index (χ4v) is 3.97. The zero-order chi connectivity index (χ0) is 14.4. The first kappa shape index (κ1) is 15.2. The highest BCUT2D eigenvalue weighted by Crippen LogP contribution is 2.18. The monoisotopic (exact) mass is 314 g/mol. The summed E-state index contributed by atoms with van der Waals surface area (Å²) in [6.45, 7) is 1.65.